The van der Waals surface area contributed by atoms with Crippen molar-refractivity contribution in [2.45, 2.75) is 18.3 Å². The smallest absolute Gasteiger partial charge is 0.236 e. The fourth-order valence-corrected chi connectivity index (χ4v) is 3.71. The van der Waals surface area contributed by atoms with Crippen LogP contribution in [0.25, 0.3) is 11.3 Å². The number of amides is 1. The summed E-state index contributed by atoms with van der Waals surface area (Å²) in [6.45, 7) is 0.220. The van der Waals surface area contributed by atoms with Crippen LogP contribution in [0.15, 0.2) is 60.7 Å². The predicted octanol–water partition coefficient (Wildman–Crippen LogP) is 4.40. The fourth-order valence-electron chi connectivity index (χ4n) is 3.71. The van der Waals surface area contributed by atoms with Crippen molar-refractivity contribution in [1.82, 2.24) is 4.98 Å². The van der Waals surface area contributed by atoms with Gasteiger partial charge in [-0.1, -0.05) is 24.3 Å². The van der Waals surface area contributed by atoms with Crippen molar-refractivity contribution in [3.63, 3.8) is 0 Å². The lowest BCUT2D eigenvalue weighted by molar-refractivity contribution is -0.118. The summed E-state index contributed by atoms with van der Waals surface area (Å²) < 4.78 is 16.3. The Hall–Kier alpha value is -3.54. The van der Waals surface area contributed by atoms with Gasteiger partial charge in [-0.25, -0.2) is 4.98 Å². The number of nitrogens with zero attached hydrogens (tertiary/aromatic N) is 1. The Bertz CT molecular complexity index is 1100. The molecule has 0 atom stereocenters. The highest BCUT2D eigenvalue weighted by atomic mass is 16.7. The standard InChI is InChI=1S/C23H20N2O4.H2/c1-27-18-7-3-2-5-16(18)17-6-4-8-21(24-17)25-22(26)23(11-12-23)15-9-10-19-20(13-15)29-14-28-19;/h2-10,13H,11-12,14H2,1H3,(H,24,25,26);1H. The van der Waals surface area contributed by atoms with Gasteiger partial charge in [-0.2, -0.15) is 0 Å². The van der Waals surface area contributed by atoms with E-state index < -0.39 is 5.41 Å². The van der Waals surface area contributed by atoms with Crippen LogP contribution in [0.2, 0.25) is 0 Å². The third-order valence-electron chi connectivity index (χ3n) is 5.48. The molecule has 1 aliphatic carbocycles. The number of benzene rings is 2. The fraction of sp³-hybridized carbons (Fsp3) is 0.217. The molecule has 29 heavy (non-hydrogen) atoms. The normalized spacial score (nSPS) is 15.6. The molecule has 0 bridgehead atoms. The molecule has 1 fully saturated rings. The number of rotatable bonds is 5. The van der Waals surface area contributed by atoms with Crippen molar-refractivity contribution in [3.8, 4) is 28.5 Å². The number of carbonyl (C=O) groups excluding carboxylic acids is 1. The first-order valence-electron chi connectivity index (χ1n) is 9.52. The molecule has 2 aromatic carbocycles. The van der Waals surface area contributed by atoms with Gasteiger partial charge in [0.1, 0.15) is 11.6 Å². The number of hydrogen-bond donors (Lipinski definition) is 1. The third kappa shape index (κ3) is 3.06. The van der Waals surface area contributed by atoms with Crippen LogP contribution >= 0.6 is 0 Å². The maximum absolute atomic E-state index is 13.1. The number of carbonyl (C=O) groups is 1. The second-order valence-electron chi connectivity index (χ2n) is 7.21. The number of ether oxygens (including phenoxy) is 3. The molecule has 3 aromatic rings. The Morgan fingerprint density at radius 1 is 1.07 bits per heavy atom. The van der Waals surface area contributed by atoms with Crippen LogP contribution in [-0.2, 0) is 10.2 Å². The zero-order valence-electron chi connectivity index (χ0n) is 16.0. The van der Waals surface area contributed by atoms with Gasteiger partial charge in [-0.3, -0.25) is 4.79 Å². The molecular weight excluding hydrogens is 368 g/mol. The van der Waals surface area contributed by atoms with Crippen molar-refractivity contribution in [3.05, 3.63) is 66.2 Å². The summed E-state index contributed by atoms with van der Waals surface area (Å²) in [5.41, 5.74) is 2.03. The second-order valence-corrected chi connectivity index (χ2v) is 7.21. The third-order valence-corrected chi connectivity index (χ3v) is 5.48. The summed E-state index contributed by atoms with van der Waals surface area (Å²) in [5, 5.41) is 3.00. The molecule has 6 nitrogen and oxygen atoms in total. The van der Waals surface area contributed by atoms with Gasteiger partial charge in [0, 0.05) is 6.99 Å². The predicted molar refractivity (Wildman–Crippen MR) is 110 cm³/mol. The minimum Gasteiger partial charge on any atom is -0.496 e. The molecule has 0 unspecified atom stereocenters. The highest BCUT2D eigenvalue weighted by Gasteiger charge is 2.51. The quantitative estimate of drug-likeness (QED) is 0.699. The number of hydrogen-bond acceptors (Lipinski definition) is 5. The Morgan fingerprint density at radius 3 is 2.72 bits per heavy atom. The van der Waals surface area contributed by atoms with Gasteiger partial charge in [-0.05, 0) is 54.8 Å². The molecule has 1 amide bonds. The lowest BCUT2D eigenvalue weighted by atomic mass is 9.94. The molecule has 0 radical (unpaired) electrons. The minimum absolute atomic E-state index is 0. The van der Waals surface area contributed by atoms with E-state index in [4.69, 9.17) is 14.2 Å². The van der Waals surface area contributed by atoms with Gasteiger partial charge in [0.2, 0.25) is 12.7 Å². The van der Waals surface area contributed by atoms with Crippen LogP contribution in [-0.4, -0.2) is 24.8 Å². The van der Waals surface area contributed by atoms with E-state index in [2.05, 4.69) is 10.3 Å². The SMILES string of the molecule is COc1ccccc1-c1cccc(NC(=O)C2(c3ccc4c(c3)OCO4)CC2)n1.[HH]. The molecule has 0 spiro atoms. The van der Waals surface area contributed by atoms with E-state index >= 15 is 0 Å². The number of aromatic nitrogens is 1. The maximum atomic E-state index is 13.1. The van der Waals surface area contributed by atoms with Crippen molar-refractivity contribution in [2.24, 2.45) is 0 Å². The van der Waals surface area contributed by atoms with Gasteiger partial charge in [0.25, 0.3) is 0 Å². The molecule has 5 rings (SSSR count). The molecule has 1 aliphatic heterocycles. The van der Waals surface area contributed by atoms with Crippen LogP contribution < -0.4 is 19.5 Å². The van der Waals surface area contributed by atoms with Crippen LogP contribution in [0.3, 0.4) is 0 Å². The molecule has 1 aromatic heterocycles. The van der Waals surface area contributed by atoms with Crippen LogP contribution in [0.4, 0.5) is 5.82 Å². The van der Waals surface area contributed by atoms with Gasteiger partial charge in [-0.15, -0.1) is 0 Å². The van der Waals surface area contributed by atoms with Gasteiger partial charge >= 0.3 is 0 Å². The highest BCUT2D eigenvalue weighted by Crippen LogP contribution is 2.51. The second kappa shape index (κ2) is 6.81. The Labute approximate surface area is 169 Å². The van der Waals surface area contributed by atoms with Gasteiger partial charge in [0.05, 0.1) is 18.2 Å². The number of anilines is 1. The van der Waals surface area contributed by atoms with E-state index in [1.165, 1.54) is 0 Å². The largest absolute Gasteiger partial charge is 0.496 e. The van der Waals surface area contributed by atoms with Crippen LogP contribution in [0.5, 0.6) is 17.2 Å². The first-order valence-corrected chi connectivity index (χ1v) is 9.52. The van der Waals surface area contributed by atoms with Crippen molar-refractivity contribution in [1.29, 1.82) is 0 Å². The Kier molecular flexibility index (Phi) is 4.12. The maximum Gasteiger partial charge on any atom is 0.236 e. The monoisotopic (exact) mass is 390 g/mol. The van der Waals surface area contributed by atoms with Gasteiger partial charge in [0.15, 0.2) is 11.5 Å². The highest BCUT2D eigenvalue weighted by molar-refractivity contribution is 6.01. The zero-order chi connectivity index (χ0) is 19.8. The van der Waals surface area contributed by atoms with Crippen molar-refractivity contribution < 1.29 is 20.4 Å². The number of pyridine rings is 1. The summed E-state index contributed by atoms with van der Waals surface area (Å²) in [6, 6.07) is 19.0. The summed E-state index contributed by atoms with van der Waals surface area (Å²) >= 11 is 0. The summed E-state index contributed by atoms with van der Waals surface area (Å²) in [5.74, 6) is 2.61. The number of fused-ring (bicyclic) bond motifs is 1. The molecule has 2 heterocycles. The molecule has 1 N–H and O–H groups in total. The molecule has 2 aliphatic rings. The van der Waals surface area contributed by atoms with E-state index in [0.29, 0.717) is 11.6 Å². The summed E-state index contributed by atoms with van der Waals surface area (Å²) in [7, 11) is 1.63. The van der Waals surface area contributed by atoms with E-state index in [9.17, 15) is 4.79 Å². The van der Waals surface area contributed by atoms with E-state index in [-0.39, 0.29) is 14.1 Å². The van der Waals surface area contributed by atoms with Crippen molar-refractivity contribution in [2.75, 3.05) is 19.2 Å². The molecule has 6 heteroatoms. The summed E-state index contributed by atoms with van der Waals surface area (Å²) in [4.78, 5) is 17.7. The number of para-hydroxylation sites is 1. The van der Waals surface area contributed by atoms with Gasteiger partial charge < -0.3 is 19.5 Å². The Morgan fingerprint density at radius 2 is 1.90 bits per heavy atom. The lowest BCUT2D eigenvalue weighted by Crippen LogP contribution is -2.28. The first-order chi connectivity index (χ1) is 14.2. The zero-order valence-corrected chi connectivity index (χ0v) is 16.0. The molecular formula is C23H22N2O4. The topological polar surface area (TPSA) is 69.7 Å². The average Bonchev–Trinajstić information content (AvgIpc) is 3.45. The first kappa shape index (κ1) is 17.6. The molecule has 148 valence electrons. The van der Waals surface area contributed by atoms with E-state index in [1.54, 1.807) is 13.2 Å². The van der Waals surface area contributed by atoms with E-state index in [1.807, 2.05) is 54.6 Å². The van der Waals surface area contributed by atoms with E-state index in [0.717, 1.165) is 41.2 Å². The molecule has 0 saturated heterocycles. The summed E-state index contributed by atoms with van der Waals surface area (Å²) in [6.07, 6.45) is 1.59. The van der Waals surface area contributed by atoms with Crippen LogP contribution in [0.1, 0.15) is 19.8 Å². The molecule has 1 saturated carbocycles. The average molecular weight is 390 g/mol. The minimum atomic E-state index is -0.539. The lowest BCUT2D eigenvalue weighted by Gasteiger charge is -2.16. The Balaban J connectivity index is 0.00000218. The number of nitrogens with one attached hydrogen (secondary N) is 1. The van der Waals surface area contributed by atoms with Crippen molar-refractivity contribution >= 4 is 11.7 Å². The van der Waals surface area contributed by atoms with Crippen LogP contribution in [0, 0.1) is 0 Å². The number of methoxy groups -OCH3 is 1.